The van der Waals surface area contributed by atoms with Crippen LogP contribution in [-0.2, 0) is 52.7 Å². The molecule has 0 bridgehead atoms. The largest absolute Gasteiger partial charge is 0.396 e. The highest BCUT2D eigenvalue weighted by Gasteiger charge is 2.47. The lowest BCUT2D eigenvalue weighted by atomic mass is 9.91. The lowest BCUT2D eigenvalue weighted by Gasteiger charge is -2.41. The van der Waals surface area contributed by atoms with E-state index in [1.807, 2.05) is 41.5 Å². The predicted molar refractivity (Wildman–Crippen MR) is 367 cm³/mol. The van der Waals surface area contributed by atoms with E-state index in [1.165, 1.54) is 113 Å². The van der Waals surface area contributed by atoms with Gasteiger partial charge < -0.3 is 70.9 Å². The highest BCUT2D eigenvalue weighted by atomic mass is 32.2. The maximum Gasteiger partial charge on any atom is 0.246 e. The molecule has 0 unspecified atom stereocenters. The van der Waals surface area contributed by atoms with E-state index in [-0.39, 0.29) is 68.6 Å². The van der Waals surface area contributed by atoms with Crippen molar-refractivity contribution in [1.82, 2.24) is 55.6 Å². The van der Waals surface area contributed by atoms with E-state index in [4.69, 9.17) is 0 Å². The maximum atomic E-state index is 15.3. The zero-order chi connectivity index (χ0) is 72.7. The van der Waals surface area contributed by atoms with E-state index >= 15 is 28.8 Å². The molecule has 1 saturated heterocycles. The highest BCUT2D eigenvalue weighted by molar-refractivity contribution is 7.99. The molecule has 25 nitrogen and oxygen atoms in total. The fourth-order valence-electron chi connectivity index (χ4n) is 11.6. The van der Waals surface area contributed by atoms with Crippen LogP contribution in [0, 0.1) is 35.5 Å². The summed E-state index contributed by atoms with van der Waals surface area (Å²) in [5.41, 5.74) is -1.60. The predicted octanol–water partition coefficient (Wildman–Crippen LogP) is 3.65. The average Bonchev–Trinajstić information content (AvgIpc) is 0.811. The zero-order valence-electron chi connectivity index (χ0n) is 61.4. The van der Waals surface area contributed by atoms with E-state index in [9.17, 15) is 39.3 Å². The number of unbranched alkanes of at least 4 members (excludes halogenated alkanes) is 1. The van der Waals surface area contributed by atoms with Gasteiger partial charge in [-0.1, -0.05) is 95.2 Å². The Morgan fingerprint density at radius 1 is 0.521 bits per heavy atom. The van der Waals surface area contributed by atoms with Crippen LogP contribution in [-0.4, -0.2) is 260 Å². The summed E-state index contributed by atoms with van der Waals surface area (Å²) in [4.78, 5) is 172. The lowest BCUT2D eigenvalue weighted by Crippen LogP contribution is -2.64. The Hall–Kier alpha value is -5.86. The van der Waals surface area contributed by atoms with Gasteiger partial charge in [0.15, 0.2) is 0 Å². The van der Waals surface area contributed by atoms with Gasteiger partial charge in [0.2, 0.25) is 65.0 Å². The molecule has 1 fully saturated rings. The zero-order valence-corrected chi connectivity index (χ0v) is 62.2. The van der Waals surface area contributed by atoms with Gasteiger partial charge in [-0.05, 0) is 127 Å². The minimum absolute atomic E-state index is 0.0331. The van der Waals surface area contributed by atoms with Gasteiger partial charge in [-0.2, -0.15) is 11.8 Å². The van der Waals surface area contributed by atoms with Gasteiger partial charge in [-0.15, -0.1) is 0 Å². The smallest absolute Gasteiger partial charge is 0.246 e. The van der Waals surface area contributed by atoms with Crippen molar-refractivity contribution in [2.75, 3.05) is 67.4 Å². The summed E-state index contributed by atoms with van der Waals surface area (Å²) >= 11 is 1.31. The quantitative estimate of drug-likeness (QED) is 0.0601. The van der Waals surface area contributed by atoms with Gasteiger partial charge in [-0.25, -0.2) is 0 Å². The molecule has 0 aromatic heterocycles. The van der Waals surface area contributed by atoms with Crippen LogP contribution >= 0.6 is 11.8 Å². The van der Waals surface area contributed by atoms with Crippen LogP contribution < -0.4 is 21.3 Å². The summed E-state index contributed by atoms with van der Waals surface area (Å²) in [5, 5.41) is 44.2. The van der Waals surface area contributed by atoms with Crippen molar-refractivity contribution in [3.63, 3.8) is 0 Å². The van der Waals surface area contributed by atoms with Gasteiger partial charge in [0.05, 0.1) is 11.7 Å². The number of carbonyl (C=O) groups is 11. The Morgan fingerprint density at radius 3 is 1.47 bits per heavy atom. The van der Waals surface area contributed by atoms with Gasteiger partial charge >= 0.3 is 0 Å². The third-order valence-corrected chi connectivity index (χ3v) is 18.8. The van der Waals surface area contributed by atoms with E-state index in [1.54, 1.807) is 60.6 Å². The van der Waals surface area contributed by atoms with E-state index < -0.39 is 161 Å². The Kier molecular flexibility index (Phi) is 36.7. The summed E-state index contributed by atoms with van der Waals surface area (Å²) in [7, 11) is 9.79. The third-order valence-electron chi connectivity index (χ3n) is 17.7. The number of rotatable bonds is 22. The topological polar surface area (TPSA) is 319 Å². The minimum Gasteiger partial charge on any atom is -0.396 e. The molecule has 0 aliphatic carbocycles. The molecular formula is C68H123N11O14S. The monoisotopic (exact) mass is 1350 g/mol. The highest BCUT2D eigenvalue weighted by Crippen LogP contribution is 2.27. The normalized spacial score (nSPS) is 26.4. The molecule has 26 heteroatoms. The van der Waals surface area contributed by atoms with Gasteiger partial charge in [0.25, 0.3) is 0 Å². The fraction of sp³-hybridized carbons (Fsp3) is 0.809. The van der Waals surface area contributed by atoms with Crippen LogP contribution in [0.15, 0.2) is 12.2 Å². The number of hydrogen-bond donors (Lipinski definition) is 7. The molecule has 0 spiro atoms. The number of carbonyl (C=O) groups excluding carboxylic acids is 11. The minimum atomic E-state index is -1.67. The number of amides is 11. The van der Waals surface area contributed by atoms with E-state index in [2.05, 4.69) is 21.3 Å². The molecule has 0 radical (unpaired) electrons. The average molecular weight is 1350 g/mol. The molecule has 94 heavy (non-hydrogen) atoms. The number of thioether (sulfide) groups is 1. The third kappa shape index (κ3) is 25.3. The molecule has 0 aromatic carbocycles. The summed E-state index contributed by atoms with van der Waals surface area (Å²) < 4.78 is 0. The van der Waals surface area contributed by atoms with Crippen molar-refractivity contribution < 1.29 is 68.1 Å². The Morgan fingerprint density at radius 2 is 0.989 bits per heavy atom. The standard InChI is InChI=1S/C68H123N11O14S/c1-25-27-30-44(13)56(81)55-60(85)71-47(26-2)62(87)77(22)52(38-94-34-29-28-33-80)65(90)76(21)51(37-68(16,17)93)59(84)72-53(42(9)10)66(91)73(18)48(32-31-39(3)4)58(83)69-45(14)57(82)70-46(15)61(86)74(19)49(35-40(5)6)63(88)75(20)50(36-41(7)8)64(89)78(23)54(43(11)12)67(92)79(55)24/h25,27,39-56,80-81,93H,26,28-38H2,1-24H3,(H,69,83)(H,70,82)(H,71,85)(H,72,84)/b27-25+/t44-,45-,46+,47-,48-,49+,50-,51+,52+,53-,54-,55+,56-/m1/s1. The summed E-state index contributed by atoms with van der Waals surface area (Å²) in [6.07, 6.45) is 3.77. The van der Waals surface area contributed by atoms with E-state index in [0.29, 0.717) is 25.0 Å². The van der Waals surface area contributed by atoms with Crippen molar-refractivity contribution in [1.29, 1.82) is 0 Å². The van der Waals surface area contributed by atoms with Crippen LogP contribution in [0.25, 0.3) is 0 Å². The van der Waals surface area contributed by atoms with Crippen LogP contribution in [0.5, 0.6) is 0 Å². The number of allylic oxidation sites excluding steroid dienone is 2. The second-order valence-corrected chi connectivity index (χ2v) is 29.7. The molecule has 0 aromatic rings. The molecular weight excluding hydrogens is 1230 g/mol. The number of aliphatic hydroxyl groups excluding tert-OH is 2. The Bertz CT molecular complexity index is 2540. The first-order valence-electron chi connectivity index (χ1n) is 33.8. The van der Waals surface area contributed by atoms with Crippen LogP contribution in [0.1, 0.15) is 175 Å². The first-order chi connectivity index (χ1) is 43.5. The molecule has 0 saturated carbocycles. The fourth-order valence-corrected chi connectivity index (χ4v) is 12.8. The Balaban J connectivity index is 4.57. The number of likely N-dealkylation sites (N-methyl/N-ethyl adjacent to an activating group) is 7. The lowest BCUT2D eigenvalue weighted by molar-refractivity contribution is -0.157. The first kappa shape index (κ1) is 86.2. The molecule has 1 aliphatic rings. The molecule has 7 N–H and O–H groups in total. The van der Waals surface area contributed by atoms with Crippen LogP contribution in [0.3, 0.4) is 0 Å². The molecule has 11 amide bonds. The molecule has 1 rings (SSSR count). The van der Waals surface area contributed by atoms with Crippen molar-refractivity contribution >= 4 is 76.7 Å². The van der Waals surface area contributed by atoms with E-state index in [0.717, 1.165) is 9.80 Å². The molecule has 1 aliphatic heterocycles. The second-order valence-electron chi connectivity index (χ2n) is 28.5. The Labute approximate surface area is 566 Å². The number of nitrogens with zero attached hydrogens (tertiary/aromatic N) is 7. The van der Waals surface area contributed by atoms with Gasteiger partial charge in [0.1, 0.15) is 66.5 Å². The first-order valence-corrected chi connectivity index (χ1v) is 34.9. The van der Waals surface area contributed by atoms with Crippen LogP contribution in [0.4, 0.5) is 0 Å². The van der Waals surface area contributed by atoms with Crippen molar-refractivity contribution in [2.45, 2.75) is 254 Å². The van der Waals surface area contributed by atoms with Crippen LogP contribution in [0.2, 0.25) is 0 Å². The van der Waals surface area contributed by atoms with Gasteiger partial charge in [-0.3, -0.25) is 52.7 Å². The summed E-state index contributed by atoms with van der Waals surface area (Å²) in [6.45, 7) is 28.9. The maximum absolute atomic E-state index is 15.3. The number of aliphatic hydroxyl groups is 3. The second kappa shape index (κ2) is 40.0. The van der Waals surface area contributed by atoms with Crippen molar-refractivity contribution in [3.8, 4) is 0 Å². The SMILES string of the molecule is C/C=C/C[C@@H](C)[C@@H](O)[C@H]1C(=O)N[C@H](CC)C(=O)N(C)[C@@H](CSCCCCO)C(=O)N(C)[C@@H](CC(C)(C)O)C(=O)N[C@H](C(C)C)C(=O)N(C)[C@H](CCC(C)C)C(=O)N[C@H](C)C(=O)N[C@@H](C)C(=O)N(C)[C@@H](CC(C)C)C(=O)N(C)[C@H](CC(C)C)C(=O)N(C)[C@H](C(C)C)C(=O)N1C. The number of hydrogen-bond acceptors (Lipinski definition) is 15. The summed E-state index contributed by atoms with van der Waals surface area (Å²) in [5.74, 6) is -9.78. The van der Waals surface area contributed by atoms with Gasteiger partial charge in [0, 0.05) is 68.1 Å². The van der Waals surface area contributed by atoms with Crippen molar-refractivity contribution in [3.05, 3.63) is 12.2 Å². The number of nitrogens with one attached hydrogen (secondary N) is 4. The molecule has 1 heterocycles. The summed E-state index contributed by atoms with van der Waals surface area (Å²) in [6, 6.07) is -14.5. The molecule has 13 atom stereocenters. The van der Waals surface area contributed by atoms with Crippen molar-refractivity contribution in [2.24, 2.45) is 35.5 Å². The molecule has 540 valence electrons.